The maximum atomic E-state index is 12.2. The Balaban J connectivity index is 2.20. The van der Waals surface area contributed by atoms with Gasteiger partial charge in [-0.2, -0.15) is 0 Å². The molecule has 5 heteroatoms. The summed E-state index contributed by atoms with van der Waals surface area (Å²) in [4.78, 5) is 13.8. The molecule has 1 heterocycles. The molecule has 1 aliphatic rings. The van der Waals surface area contributed by atoms with Gasteiger partial charge in [0.25, 0.3) is 5.91 Å². The zero-order chi connectivity index (χ0) is 14.7. The number of carbonyl (C=O) groups is 1. The first-order valence-corrected chi connectivity index (χ1v) is 6.94. The molecule has 0 spiro atoms. The van der Waals surface area contributed by atoms with Crippen LogP contribution in [0.15, 0.2) is 18.2 Å². The van der Waals surface area contributed by atoms with Gasteiger partial charge in [0.1, 0.15) is 0 Å². The Morgan fingerprint density at radius 1 is 1.50 bits per heavy atom. The van der Waals surface area contributed by atoms with Crippen molar-refractivity contribution in [2.75, 3.05) is 38.4 Å². The van der Waals surface area contributed by atoms with Crippen molar-refractivity contribution in [3.8, 4) is 0 Å². The van der Waals surface area contributed by atoms with Crippen LogP contribution in [-0.4, -0.2) is 44.2 Å². The molecular weight excluding hydrogens is 254 g/mol. The summed E-state index contributed by atoms with van der Waals surface area (Å²) in [7, 11) is 3.49. The number of ether oxygens (including phenoxy) is 1. The van der Waals surface area contributed by atoms with Crippen LogP contribution in [0.4, 0.5) is 11.4 Å². The number of rotatable bonds is 4. The zero-order valence-electron chi connectivity index (χ0n) is 12.3. The van der Waals surface area contributed by atoms with Crippen LogP contribution in [0, 0.1) is 5.92 Å². The van der Waals surface area contributed by atoms with Crippen molar-refractivity contribution in [3.05, 3.63) is 23.8 Å². The van der Waals surface area contributed by atoms with E-state index in [1.54, 1.807) is 31.1 Å². The number of nitrogens with zero attached hydrogens (tertiary/aromatic N) is 1. The molecule has 2 atom stereocenters. The fourth-order valence-electron chi connectivity index (χ4n) is 2.42. The summed E-state index contributed by atoms with van der Waals surface area (Å²) in [6.45, 7) is 3.71. The number of hydrogen-bond acceptors (Lipinski definition) is 4. The van der Waals surface area contributed by atoms with Crippen molar-refractivity contribution >= 4 is 17.3 Å². The highest BCUT2D eigenvalue weighted by atomic mass is 16.5. The number of nitrogens with two attached hydrogens (primary N) is 1. The second-order valence-electron chi connectivity index (χ2n) is 5.56. The molecule has 1 aromatic rings. The van der Waals surface area contributed by atoms with E-state index < -0.39 is 0 Å². The second-order valence-corrected chi connectivity index (χ2v) is 5.56. The lowest BCUT2D eigenvalue weighted by molar-refractivity contribution is 0.0828. The predicted molar refractivity (Wildman–Crippen MR) is 80.9 cm³/mol. The van der Waals surface area contributed by atoms with Crippen LogP contribution in [-0.2, 0) is 4.74 Å². The van der Waals surface area contributed by atoms with Crippen molar-refractivity contribution in [1.82, 2.24) is 4.90 Å². The first-order chi connectivity index (χ1) is 9.49. The Kier molecular flexibility index (Phi) is 4.49. The molecule has 1 fully saturated rings. The molecule has 20 heavy (non-hydrogen) atoms. The van der Waals surface area contributed by atoms with E-state index in [4.69, 9.17) is 10.5 Å². The van der Waals surface area contributed by atoms with E-state index in [0.29, 0.717) is 17.2 Å². The van der Waals surface area contributed by atoms with E-state index in [-0.39, 0.29) is 11.9 Å². The standard InChI is InChI=1S/C15H23N3O2/c1-10(11-6-7-20-9-11)17-14-8-12(16)4-5-13(14)15(19)18(2)3/h4-5,8,10-11,17H,6-7,9,16H2,1-3H3. The van der Waals surface area contributed by atoms with E-state index >= 15 is 0 Å². The average molecular weight is 277 g/mol. The number of nitrogens with one attached hydrogen (secondary N) is 1. The lowest BCUT2D eigenvalue weighted by atomic mass is 9.99. The number of benzene rings is 1. The quantitative estimate of drug-likeness (QED) is 0.824. The van der Waals surface area contributed by atoms with Gasteiger partial charge in [0.2, 0.25) is 0 Å². The van der Waals surface area contributed by atoms with Gasteiger partial charge in [0, 0.05) is 44.0 Å². The van der Waals surface area contributed by atoms with E-state index in [1.807, 2.05) is 6.07 Å². The molecule has 110 valence electrons. The van der Waals surface area contributed by atoms with Crippen molar-refractivity contribution in [1.29, 1.82) is 0 Å². The minimum atomic E-state index is -0.0256. The maximum Gasteiger partial charge on any atom is 0.255 e. The van der Waals surface area contributed by atoms with Gasteiger partial charge < -0.3 is 20.7 Å². The third-order valence-electron chi connectivity index (χ3n) is 3.74. The van der Waals surface area contributed by atoms with Gasteiger partial charge in [-0.05, 0) is 31.5 Å². The topological polar surface area (TPSA) is 67.6 Å². The summed E-state index contributed by atoms with van der Waals surface area (Å²) in [6, 6.07) is 5.60. The number of hydrogen-bond donors (Lipinski definition) is 2. The Labute approximate surface area is 120 Å². The Hall–Kier alpha value is -1.75. The van der Waals surface area contributed by atoms with Crippen LogP contribution in [0.3, 0.4) is 0 Å². The first kappa shape index (κ1) is 14.7. The van der Waals surface area contributed by atoms with Gasteiger partial charge in [-0.25, -0.2) is 0 Å². The minimum absolute atomic E-state index is 0.0256. The summed E-state index contributed by atoms with van der Waals surface area (Å²) >= 11 is 0. The van der Waals surface area contributed by atoms with Crippen LogP contribution >= 0.6 is 0 Å². The molecule has 0 aromatic heterocycles. The third-order valence-corrected chi connectivity index (χ3v) is 3.74. The third kappa shape index (κ3) is 3.22. The first-order valence-electron chi connectivity index (χ1n) is 6.94. The van der Waals surface area contributed by atoms with Crippen molar-refractivity contribution in [3.63, 3.8) is 0 Å². The minimum Gasteiger partial charge on any atom is -0.399 e. The van der Waals surface area contributed by atoms with Gasteiger partial charge in [-0.3, -0.25) is 4.79 Å². The smallest absolute Gasteiger partial charge is 0.255 e. The Bertz CT molecular complexity index is 482. The van der Waals surface area contributed by atoms with Crippen LogP contribution in [0.2, 0.25) is 0 Å². The molecule has 0 bridgehead atoms. The van der Waals surface area contributed by atoms with Crippen LogP contribution in [0.25, 0.3) is 0 Å². The molecule has 5 nitrogen and oxygen atoms in total. The van der Waals surface area contributed by atoms with Crippen molar-refractivity contribution in [2.24, 2.45) is 5.92 Å². The molecule has 0 saturated carbocycles. The fraction of sp³-hybridized carbons (Fsp3) is 0.533. The fourth-order valence-corrected chi connectivity index (χ4v) is 2.42. The van der Waals surface area contributed by atoms with Crippen LogP contribution < -0.4 is 11.1 Å². The van der Waals surface area contributed by atoms with E-state index in [9.17, 15) is 4.79 Å². The molecule has 1 amide bonds. The molecule has 2 rings (SSSR count). The predicted octanol–water partition coefficient (Wildman–Crippen LogP) is 1.81. The van der Waals surface area contributed by atoms with Crippen molar-refractivity contribution < 1.29 is 9.53 Å². The Morgan fingerprint density at radius 3 is 2.85 bits per heavy atom. The van der Waals surface area contributed by atoms with E-state index in [0.717, 1.165) is 25.3 Å². The van der Waals surface area contributed by atoms with Gasteiger partial charge in [0.15, 0.2) is 0 Å². The molecule has 1 aliphatic heterocycles. The van der Waals surface area contributed by atoms with Gasteiger partial charge >= 0.3 is 0 Å². The summed E-state index contributed by atoms with van der Waals surface area (Å²) in [5.41, 5.74) is 7.94. The lowest BCUT2D eigenvalue weighted by Gasteiger charge is -2.23. The van der Waals surface area contributed by atoms with Gasteiger partial charge in [-0.15, -0.1) is 0 Å². The largest absolute Gasteiger partial charge is 0.399 e. The van der Waals surface area contributed by atoms with Gasteiger partial charge in [0.05, 0.1) is 12.2 Å². The zero-order valence-corrected chi connectivity index (χ0v) is 12.3. The highest BCUT2D eigenvalue weighted by Gasteiger charge is 2.23. The number of carbonyl (C=O) groups excluding carboxylic acids is 1. The molecule has 2 unspecified atom stereocenters. The molecule has 0 radical (unpaired) electrons. The summed E-state index contributed by atoms with van der Waals surface area (Å²) in [5.74, 6) is 0.445. The van der Waals surface area contributed by atoms with E-state index in [1.165, 1.54) is 0 Å². The summed E-state index contributed by atoms with van der Waals surface area (Å²) in [5, 5.41) is 3.42. The van der Waals surface area contributed by atoms with Gasteiger partial charge in [-0.1, -0.05) is 0 Å². The molecule has 1 saturated heterocycles. The monoisotopic (exact) mass is 277 g/mol. The molecule has 3 N–H and O–H groups in total. The lowest BCUT2D eigenvalue weighted by Crippen LogP contribution is -2.29. The molecule has 0 aliphatic carbocycles. The van der Waals surface area contributed by atoms with Crippen LogP contribution in [0.1, 0.15) is 23.7 Å². The summed E-state index contributed by atoms with van der Waals surface area (Å²) < 4.78 is 5.42. The number of anilines is 2. The molecule has 1 aromatic carbocycles. The maximum absolute atomic E-state index is 12.2. The number of amides is 1. The average Bonchev–Trinajstić information content (AvgIpc) is 2.92. The van der Waals surface area contributed by atoms with E-state index in [2.05, 4.69) is 12.2 Å². The molecular formula is C15H23N3O2. The highest BCUT2D eigenvalue weighted by molar-refractivity contribution is 6.00. The summed E-state index contributed by atoms with van der Waals surface area (Å²) in [6.07, 6.45) is 1.05. The normalized spacial score (nSPS) is 19.6. The number of nitrogen functional groups attached to an aromatic ring is 1. The highest BCUT2D eigenvalue weighted by Crippen LogP contribution is 2.25. The Morgan fingerprint density at radius 2 is 2.25 bits per heavy atom. The van der Waals surface area contributed by atoms with Crippen LogP contribution in [0.5, 0.6) is 0 Å². The van der Waals surface area contributed by atoms with Crippen molar-refractivity contribution in [2.45, 2.75) is 19.4 Å². The second kappa shape index (κ2) is 6.13. The SMILES string of the molecule is CC(Nc1cc(N)ccc1C(=O)N(C)C)C1CCOC1.